The van der Waals surface area contributed by atoms with Crippen LogP contribution in [0.2, 0.25) is 0 Å². The van der Waals surface area contributed by atoms with Gasteiger partial charge in [0.15, 0.2) is 6.29 Å². The Morgan fingerprint density at radius 3 is 2.25 bits per heavy atom. The Morgan fingerprint density at radius 2 is 1.92 bits per heavy atom. The maximum Gasteiger partial charge on any atom is 0.171 e. The molecule has 1 atom stereocenters. The van der Waals surface area contributed by atoms with Crippen molar-refractivity contribution in [1.82, 2.24) is 0 Å². The van der Waals surface area contributed by atoms with Crippen molar-refractivity contribution >= 4 is 0 Å². The van der Waals surface area contributed by atoms with E-state index in [1.54, 1.807) is 14.2 Å². The zero-order valence-electron chi connectivity index (χ0n) is 8.17. The molecular formula is C9H19NO2. The summed E-state index contributed by atoms with van der Waals surface area (Å²) in [6.45, 7) is 5.79. The number of hydrogen-bond acceptors (Lipinski definition) is 3. The van der Waals surface area contributed by atoms with Crippen LogP contribution in [0.3, 0.4) is 0 Å². The van der Waals surface area contributed by atoms with Crippen molar-refractivity contribution in [3.8, 4) is 0 Å². The van der Waals surface area contributed by atoms with Gasteiger partial charge in [-0.2, -0.15) is 0 Å². The molecule has 1 unspecified atom stereocenters. The van der Waals surface area contributed by atoms with Crippen molar-refractivity contribution in [2.24, 2.45) is 5.73 Å². The molecular weight excluding hydrogens is 154 g/mol. The topological polar surface area (TPSA) is 44.5 Å². The fourth-order valence-corrected chi connectivity index (χ4v) is 0.995. The first-order valence-electron chi connectivity index (χ1n) is 4.07. The first-order chi connectivity index (χ1) is 5.61. The van der Waals surface area contributed by atoms with Gasteiger partial charge in [-0.1, -0.05) is 5.57 Å². The number of methoxy groups -OCH3 is 2. The third-order valence-corrected chi connectivity index (χ3v) is 1.72. The lowest BCUT2D eigenvalue weighted by Crippen LogP contribution is -2.37. The van der Waals surface area contributed by atoms with Crippen LogP contribution in [0.25, 0.3) is 0 Å². The molecule has 0 aliphatic rings. The molecule has 0 aliphatic heterocycles. The van der Waals surface area contributed by atoms with Gasteiger partial charge in [-0.25, -0.2) is 0 Å². The summed E-state index contributed by atoms with van der Waals surface area (Å²) in [5, 5.41) is 0. The number of hydrogen-bond donors (Lipinski definition) is 1. The van der Waals surface area contributed by atoms with Gasteiger partial charge in [0.2, 0.25) is 0 Å². The molecule has 0 aromatic carbocycles. The highest BCUT2D eigenvalue weighted by Gasteiger charge is 2.15. The van der Waals surface area contributed by atoms with Crippen LogP contribution in [0, 0.1) is 0 Å². The number of ether oxygens (including phenoxy) is 2. The van der Waals surface area contributed by atoms with Gasteiger partial charge in [-0.15, -0.1) is 6.58 Å². The molecule has 0 radical (unpaired) electrons. The summed E-state index contributed by atoms with van der Waals surface area (Å²) in [5.41, 5.74) is 6.93. The minimum atomic E-state index is -0.302. The fourth-order valence-electron chi connectivity index (χ4n) is 0.995. The number of nitrogens with two attached hydrogens (primary N) is 1. The second-order valence-corrected chi connectivity index (χ2v) is 3.00. The molecule has 0 saturated heterocycles. The molecule has 72 valence electrons. The molecule has 0 aromatic heterocycles. The van der Waals surface area contributed by atoms with Crippen LogP contribution >= 0.6 is 0 Å². The van der Waals surface area contributed by atoms with Gasteiger partial charge in [0.25, 0.3) is 0 Å². The van der Waals surface area contributed by atoms with Crippen molar-refractivity contribution in [1.29, 1.82) is 0 Å². The van der Waals surface area contributed by atoms with Crippen LogP contribution in [-0.4, -0.2) is 26.6 Å². The first-order valence-corrected chi connectivity index (χ1v) is 4.07. The number of allylic oxidation sites excluding steroid dienone is 1. The van der Waals surface area contributed by atoms with E-state index in [0.29, 0.717) is 0 Å². The lowest BCUT2D eigenvalue weighted by Gasteiger charge is -2.20. The van der Waals surface area contributed by atoms with E-state index in [1.807, 2.05) is 6.92 Å². The average Bonchev–Trinajstić information content (AvgIpc) is 2.03. The van der Waals surface area contributed by atoms with Gasteiger partial charge >= 0.3 is 0 Å². The largest absolute Gasteiger partial charge is 0.354 e. The van der Waals surface area contributed by atoms with Gasteiger partial charge in [-0.05, 0) is 19.8 Å². The minimum absolute atomic E-state index is 0.0725. The van der Waals surface area contributed by atoms with E-state index in [0.717, 1.165) is 18.4 Å². The average molecular weight is 173 g/mol. The lowest BCUT2D eigenvalue weighted by atomic mass is 10.1. The molecule has 0 spiro atoms. The zero-order valence-corrected chi connectivity index (χ0v) is 8.17. The maximum atomic E-state index is 5.80. The molecule has 0 saturated carbocycles. The lowest BCUT2D eigenvalue weighted by molar-refractivity contribution is -0.117. The second-order valence-electron chi connectivity index (χ2n) is 3.00. The van der Waals surface area contributed by atoms with Gasteiger partial charge in [0.05, 0.1) is 6.04 Å². The maximum absolute atomic E-state index is 5.80. The zero-order chi connectivity index (χ0) is 9.56. The quantitative estimate of drug-likeness (QED) is 0.486. The summed E-state index contributed by atoms with van der Waals surface area (Å²) in [6, 6.07) is -0.0725. The van der Waals surface area contributed by atoms with Crippen LogP contribution in [0.4, 0.5) is 0 Å². The normalized spacial score (nSPS) is 13.4. The third kappa shape index (κ3) is 4.49. The third-order valence-electron chi connectivity index (χ3n) is 1.72. The molecule has 2 N–H and O–H groups in total. The van der Waals surface area contributed by atoms with E-state index in [2.05, 4.69) is 6.58 Å². The predicted octanol–water partition coefficient (Wildman–Crippen LogP) is 1.29. The van der Waals surface area contributed by atoms with E-state index in [9.17, 15) is 0 Å². The van der Waals surface area contributed by atoms with E-state index in [1.165, 1.54) is 0 Å². The summed E-state index contributed by atoms with van der Waals surface area (Å²) in [6.07, 6.45) is 1.47. The van der Waals surface area contributed by atoms with Crippen LogP contribution in [-0.2, 0) is 9.47 Å². The smallest absolute Gasteiger partial charge is 0.171 e. The predicted molar refractivity (Wildman–Crippen MR) is 49.8 cm³/mol. The molecule has 0 amide bonds. The van der Waals surface area contributed by atoms with E-state index < -0.39 is 0 Å². The SMILES string of the molecule is C=C(C)CCC(N)C(OC)OC. The van der Waals surface area contributed by atoms with Gasteiger partial charge in [0.1, 0.15) is 0 Å². The molecule has 0 aliphatic carbocycles. The fraction of sp³-hybridized carbons (Fsp3) is 0.778. The molecule has 0 aromatic rings. The van der Waals surface area contributed by atoms with Crippen molar-refractivity contribution in [3.63, 3.8) is 0 Å². The monoisotopic (exact) mass is 173 g/mol. The Labute approximate surface area is 74.5 Å². The van der Waals surface area contributed by atoms with Crippen molar-refractivity contribution in [3.05, 3.63) is 12.2 Å². The van der Waals surface area contributed by atoms with Gasteiger partial charge in [0, 0.05) is 14.2 Å². The second kappa shape index (κ2) is 6.17. The van der Waals surface area contributed by atoms with Crippen molar-refractivity contribution < 1.29 is 9.47 Å². The Kier molecular flexibility index (Phi) is 5.98. The molecule has 3 heteroatoms. The van der Waals surface area contributed by atoms with Crippen LogP contribution in [0.15, 0.2) is 12.2 Å². The van der Waals surface area contributed by atoms with Gasteiger partial charge in [-0.3, -0.25) is 0 Å². The van der Waals surface area contributed by atoms with Crippen LogP contribution in [0.5, 0.6) is 0 Å². The highest BCUT2D eigenvalue weighted by molar-refractivity contribution is 4.89. The molecule has 0 fully saturated rings. The van der Waals surface area contributed by atoms with Crippen molar-refractivity contribution in [2.45, 2.75) is 32.1 Å². The Hall–Kier alpha value is -0.380. The van der Waals surface area contributed by atoms with E-state index >= 15 is 0 Å². The summed E-state index contributed by atoms with van der Waals surface area (Å²) < 4.78 is 10.0. The standard InChI is InChI=1S/C9H19NO2/c1-7(2)5-6-8(10)9(11-3)12-4/h8-9H,1,5-6,10H2,2-4H3. The van der Waals surface area contributed by atoms with E-state index in [-0.39, 0.29) is 12.3 Å². The first kappa shape index (κ1) is 11.6. The van der Waals surface area contributed by atoms with Crippen LogP contribution < -0.4 is 5.73 Å². The summed E-state index contributed by atoms with van der Waals surface area (Å²) in [4.78, 5) is 0. The highest BCUT2D eigenvalue weighted by Crippen LogP contribution is 2.08. The molecule has 12 heavy (non-hydrogen) atoms. The molecule has 0 heterocycles. The number of rotatable bonds is 6. The van der Waals surface area contributed by atoms with Gasteiger partial charge < -0.3 is 15.2 Å². The van der Waals surface area contributed by atoms with Crippen molar-refractivity contribution in [2.75, 3.05) is 14.2 Å². The Morgan fingerprint density at radius 1 is 1.42 bits per heavy atom. The highest BCUT2D eigenvalue weighted by atomic mass is 16.7. The molecule has 0 rings (SSSR count). The Balaban J connectivity index is 3.68. The summed E-state index contributed by atoms with van der Waals surface area (Å²) in [5.74, 6) is 0. The summed E-state index contributed by atoms with van der Waals surface area (Å²) >= 11 is 0. The molecule has 3 nitrogen and oxygen atoms in total. The van der Waals surface area contributed by atoms with Crippen LogP contribution in [0.1, 0.15) is 19.8 Å². The molecule has 0 bridgehead atoms. The Bertz CT molecular complexity index is 132. The minimum Gasteiger partial charge on any atom is -0.354 e. The summed E-state index contributed by atoms with van der Waals surface area (Å²) in [7, 11) is 3.18. The van der Waals surface area contributed by atoms with E-state index in [4.69, 9.17) is 15.2 Å².